The van der Waals surface area contributed by atoms with E-state index in [0.29, 0.717) is 5.82 Å². The summed E-state index contributed by atoms with van der Waals surface area (Å²) in [4.78, 5) is 22.9. The second-order valence-electron chi connectivity index (χ2n) is 3.24. The summed E-state index contributed by atoms with van der Waals surface area (Å²) >= 11 is 0. The van der Waals surface area contributed by atoms with Crippen LogP contribution < -0.4 is 16.6 Å². The van der Waals surface area contributed by atoms with Crippen LogP contribution >= 0.6 is 0 Å². The number of nitrogens with zero attached hydrogens (tertiary/aromatic N) is 3. The third kappa shape index (κ3) is 2.55. The number of pyridine rings is 1. The van der Waals surface area contributed by atoms with Crippen LogP contribution in [0.15, 0.2) is 30.9 Å². The number of nitrogen functional groups attached to an aromatic ring is 1. The van der Waals surface area contributed by atoms with Crippen LogP contribution in [0.3, 0.4) is 0 Å². The molecule has 18 heavy (non-hydrogen) atoms. The molecule has 0 atom stereocenters. The van der Waals surface area contributed by atoms with Crippen LogP contribution in [0.1, 0.15) is 10.5 Å². The van der Waals surface area contributed by atoms with Gasteiger partial charge in [0.2, 0.25) is 0 Å². The SMILES string of the molecule is NNc1cnc(C(=O)Nc2ccncc2F)cn1. The van der Waals surface area contributed by atoms with E-state index in [9.17, 15) is 9.18 Å². The average molecular weight is 248 g/mol. The maximum Gasteiger partial charge on any atom is 0.275 e. The standard InChI is InChI=1S/C10H9FN6O/c11-6-3-13-2-1-7(6)16-10(18)8-4-15-9(17-12)5-14-8/h1-5H,12H2,(H,15,17)(H,13,16,18). The van der Waals surface area contributed by atoms with E-state index in [0.717, 1.165) is 6.20 Å². The second kappa shape index (κ2) is 5.15. The number of hydrazine groups is 1. The first-order valence-corrected chi connectivity index (χ1v) is 4.90. The lowest BCUT2D eigenvalue weighted by molar-refractivity contribution is 0.102. The van der Waals surface area contributed by atoms with Crippen molar-refractivity contribution in [1.29, 1.82) is 0 Å². The molecule has 0 aliphatic heterocycles. The summed E-state index contributed by atoms with van der Waals surface area (Å²) < 4.78 is 13.2. The zero-order valence-corrected chi connectivity index (χ0v) is 9.09. The molecule has 7 nitrogen and oxygen atoms in total. The Morgan fingerprint density at radius 3 is 2.72 bits per heavy atom. The predicted molar refractivity (Wildman–Crippen MR) is 62.0 cm³/mol. The molecular formula is C10H9FN6O. The van der Waals surface area contributed by atoms with Crippen LogP contribution in [0.5, 0.6) is 0 Å². The Labute approximate surface area is 101 Å². The van der Waals surface area contributed by atoms with Gasteiger partial charge in [0.15, 0.2) is 11.6 Å². The van der Waals surface area contributed by atoms with Crippen LogP contribution in [0.25, 0.3) is 0 Å². The molecule has 0 bridgehead atoms. The molecule has 0 radical (unpaired) electrons. The maximum absolute atomic E-state index is 13.2. The minimum Gasteiger partial charge on any atom is -0.318 e. The number of carbonyl (C=O) groups is 1. The molecule has 2 rings (SSSR count). The van der Waals surface area contributed by atoms with Gasteiger partial charge in [-0.25, -0.2) is 20.2 Å². The van der Waals surface area contributed by atoms with Gasteiger partial charge in [-0.05, 0) is 6.07 Å². The molecule has 4 N–H and O–H groups in total. The Kier molecular flexibility index (Phi) is 3.39. The van der Waals surface area contributed by atoms with Crippen molar-refractivity contribution in [2.24, 2.45) is 5.84 Å². The zero-order chi connectivity index (χ0) is 13.0. The van der Waals surface area contributed by atoms with Gasteiger partial charge in [-0.3, -0.25) is 9.78 Å². The number of carbonyl (C=O) groups excluding carboxylic acids is 1. The van der Waals surface area contributed by atoms with E-state index >= 15 is 0 Å². The summed E-state index contributed by atoms with van der Waals surface area (Å²) in [7, 11) is 0. The van der Waals surface area contributed by atoms with Gasteiger partial charge in [0.1, 0.15) is 5.69 Å². The van der Waals surface area contributed by atoms with E-state index in [2.05, 4.69) is 25.7 Å². The molecule has 0 aromatic carbocycles. The highest BCUT2D eigenvalue weighted by Crippen LogP contribution is 2.12. The van der Waals surface area contributed by atoms with E-state index in [1.165, 1.54) is 24.7 Å². The van der Waals surface area contributed by atoms with Crippen molar-refractivity contribution < 1.29 is 9.18 Å². The van der Waals surface area contributed by atoms with Crippen LogP contribution in [-0.4, -0.2) is 20.9 Å². The number of anilines is 2. The number of rotatable bonds is 3. The zero-order valence-electron chi connectivity index (χ0n) is 9.09. The van der Waals surface area contributed by atoms with Crippen LogP contribution in [-0.2, 0) is 0 Å². The summed E-state index contributed by atoms with van der Waals surface area (Å²) in [6.45, 7) is 0. The van der Waals surface area contributed by atoms with Crippen LogP contribution in [0.4, 0.5) is 15.9 Å². The summed E-state index contributed by atoms with van der Waals surface area (Å²) in [6.07, 6.45) is 4.88. The molecule has 2 heterocycles. The summed E-state index contributed by atoms with van der Waals surface area (Å²) in [5.41, 5.74) is 2.35. The molecule has 1 amide bonds. The van der Waals surface area contributed by atoms with E-state index in [-0.39, 0.29) is 11.4 Å². The van der Waals surface area contributed by atoms with E-state index < -0.39 is 11.7 Å². The largest absolute Gasteiger partial charge is 0.318 e. The number of nitrogens with two attached hydrogens (primary N) is 1. The molecule has 0 saturated heterocycles. The van der Waals surface area contributed by atoms with Gasteiger partial charge in [-0.2, -0.15) is 0 Å². The molecule has 2 aromatic rings. The number of halogens is 1. The fraction of sp³-hybridized carbons (Fsp3) is 0. The van der Waals surface area contributed by atoms with Gasteiger partial charge >= 0.3 is 0 Å². The van der Waals surface area contributed by atoms with Gasteiger partial charge < -0.3 is 10.7 Å². The molecule has 0 saturated carbocycles. The Morgan fingerprint density at radius 2 is 2.11 bits per heavy atom. The summed E-state index contributed by atoms with van der Waals surface area (Å²) in [5.74, 6) is 4.23. The topological polar surface area (TPSA) is 106 Å². The highest BCUT2D eigenvalue weighted by Gasteiger charge is 2.10. The van der Waals surface area contributed by atoms with E-state index in [1.54, 1.807) is 0 Å². The van der Waals surface area contributed by atoms with Gasteiger partial charge in [0.25, 0.3) is 5.91 Å². The van der Waals surface area contributed by atoms with Crippen molar-refractivity contribution in [3.8, 4) is 0 Å². The van der Waals surface area contributed by atoms with Crippen molar-refractivity contribution >= 4 is 17.4 Å². The molecule has 2 aromatic heterocycles. The van der Waals surface area contributed by atoms with Gasteiger partial charge in [0.05, 0.1) is 24.3 Å². The van der Waals surface area contributed by atoms with E-state index in [1.807, 2.05) is 0 Å². The number of hydrogen-bond acceptors (Lipinski definition) is 6. The Hall–Kier alpha value is -2.61. The lowest BCUT2D eigenvalue weighted by Crippen LogP contribution is -2.16. The van der Waals surface area contributed by atoms with Crippen molar-refractivity contribution in [1.82, 2.24) is 15.0 Å². The Balaban J connectivity index is 2.14. The van der Waals surface area contributed by atoms with Crippen molar-refractivity contribution in [3.63, 3.8) is 0 Å². The first kappa shape index (κ1) is 11.9. The quantitative estimate of drug-likeness (QED) is 0.541. The smallest absolute Gasteiger partial charge is 0.275 e. The second-order valence-corrected chi connectivity index (χ2v) is 3.24. The number of nitrogens with one attached hydrogen (secondary N) is 2. The normalized spacial score (nSPS) is 9.89. The molecule has 0 aliphatic rings. The summed E-state index contributed by atoms with van der Waals surface area (Å²) in [6, 6.07) is 1.34. The van der Waals surface area contributed by atoms with Gasteiger partial charge in [0, 0.05) is 6.20 Å². The molecule has 0 spiro atoms. The molecule has 8 heteroatoms. The van der Waals surface area contributed by atoms with Gasteiger partial charge in [-0.1, -0.05) is 0 Å². The highest BCUT2D eigenvalue weighted by atomic mass is 19.1. The predicted octanol–water partition coefficient (Wildman–Crippen LogP) is 0.549. The number of hydrogen-bond donors (Lipinski definition) is 3. The van der Waals surface area contributed by atoms with Crippen LogP contribution in [0, 0.1) is 5.82 Å². The molecule has 0 aliphatic carbocycles. The van der Waals surface area contributed by atoms with Crippen molar-refractivity contribution in [2.75, 3.05) is 10.7 Å². The van der Waals surface area contributed by atoms with Crippen LogP contribution in [0.2, 0.25) is 0 Å². The molecule has 92 valence electrons. The third-order valence-electron chi connectivity index (χ3n) is 2.05. The minimum atomic E-state index is -0.626. The lowest BCUT2D eigenvalue weighted by atomic mass is 10.3. The molecular weight excluding hydrogens is 239 g/mol. The van der Waals surface area contributed by atoms with E-state index in [4.69, 9.17) is 5.84 Å². The maximum atomic E-state index is 13.2. The third-order valence-corrected chi connectivity index (χ3v) is 2.05. The molecule has 0 fully saturated rings. The highest BCUT2D eigenvalue weighted by molar-refractivity contribution is 6.02. The first-order valence-electron chi connectivity index (χ1n) is 4.90. The Bertz CT molecular complexity index is 559. The van der Waals surface area contributed by atoms with Crippen molar-refractivity contribution in [3.05, 3.63) is 42.4 Å². The monoisotopic (exact) mass is 248 g/mol. The minimum absolute atomic E-state index is 0.0258. The molecule has 0 unspecified atom stereocenters. The van der Waals surface area contributed by atoms with Gasteiger partial charge in [-0.15, -0.1) is 0 Å². The number of aromatic nitrogens is 3. The summed E-state index contributed by atoms with van der Waals surface area (Å²) in [5, 5.41) is 2.36. The Morgan fingerprint density at radius 1 is 1.28 bits per heavy atom. The first-order chi connectivity index (χ1) is 8.70. The number of amides is 1. The fourth-order valence-corrected chi connectivity index (χ4v) is 1.18. The van der Waals surface area contributed by atoms with Crippen molar-refractivity contribution in [2.45, 2.75) is 0 Å². The fourth-order valence-electron chi connectivity index (χ4n) is 1.18. The average Bonchev–Trinajstić information content (AvgIpc) is 2.41. The lowest BCUT2D eigenvalue weighted by Gasteiger charge is -2.05.